The maximum absolute atomic E-state index is 12.2. The van der Waals surface area contributed by atoms with Crippen molar-refractivity contribution in [2.45, 2.75) is 26.8 Å². The van der Waals surface area contributed by atoms with Crippen LogP contribution in [-0.2, 0) is 16.1 Å². The van der Waals surface area contributed by atoms with Crippen LogP contribution in [0.15, 0.2) is 6.07 Å². The first-order valence-corrected chi connectivity index (χ1v) is 5.86. The molecule has 0 aliphatic carbocycles. The minimum Gasteiger partial charge on any atom is -0.469 e. The molecule has 1 aromatic rings. The van der Waals surface area contributed by atoms with Crippen LogP contribution in [0.2, 0.25) is 0 Å². The molecule has 0 saturated carbocycles. The molecule has 1 aromatic heterocycles. The zero-order valence-corrected chi connectivity index (χ0v) is 11.3. The molecule has 0 atom stereocenters. The molecular weight excluding hydrogens is 234 g/mol. The summed E-state index contributed by atoms with van der Waals surface area (Å²) >= 11 is 0. The normalized spacial score (nSPS) is 10.2. The Morgan fingerprint density at radius 2 is 2.17 bits per heavy atom. The molecule has 0 spiro atoms. The molecule has 1 rings (SSSR count). The van der Waals surface area contributed by atoms with Crippen LogP contribution in [-0.4, -0.2) is 47.3 Å². The van der Waals surface area contributed by atoms with Crippen LogP contribution in [0.4, 0.5) is 0 Å². The first kappa shape index (κ1) is 14.2. The first-order valence-electron chi connectivity index (χ1n) is 5.86. The highest BCUT2D eigenvalue weighted by Crippen LogP contribution is 2.07. The quantitative estimate of drug-likeness (QED) is 0.730. The largest absolute Gasteiger partial charge is 0.469 e. The van der Waals surface area contributed by atoms with Crippen molar-refractivity contribution in [3.05, 3.63) is 17.5 Å². The van der Waals surface area contributed by atoms with Gasteiger partial charge in [0.15, 0.2) is 0 Å². The highest BCUT2D eigenvalue weighted by Gasteiger charge is 2.18. The molecule has 0 N–H and O–H groups in total. The first-order chi connectivity index (χ1) is 8.49. The van der Waals surface area contributed by atoms with Crippen molar-refractivity contribution in [2.24, 2.45) is 0 Å². The number of rotatable bonds is 5. The Morgan fingerprint density at radius 1 is 1.50 bits per heavy atom. The monoisotopic (exact) mass is 253 g/mol. The lowest BCUT2D eigenvalue weighted by Crippen LogP contribution is -2.31. The van der Waals surface area contributed by atoms with E-state index in [0.717, 1.165) is 5.69 Å². The lowest BCUT2D eigenvalue weighted by atomic mass is 10.3. The van der Waals surface area contributed by atoms with E-state index in [1.54, 1.807) is 17.8 Å². The predicted octanol–water partition coefficient (Wildman–Crippen LogP) is 0.847. The smallest absolute Gasteiger partial charge is 0.307 e. The average Bonchev–Trinajstić information content (AvgIpc) is 2.75. The third kappa shape index (κ3) is 3.32. The second-order valence-electron chi connectivity index (χ2n) is 4.04. The van der Waals surface area contributed by atoms with Gasteiger partial charge in [-0.05, 0) is 19.9 Å². The Kier molecular flexibility index (Phi) is 4.88. The van der Waals surface area contributed by atoms with Gasteiger partial charge in [-0.1, -0.05) is 0 Å². The second kappa shape index (κ2) is 6.18. The summed E-state index contributed by atoms with van der Waals surface area (Å²) in [6.07, 6.45) is 0.192. The average molecular weight is 253 g/mol. The van der Waals surface area contributed by atoms with E-state index >= 15 is 0 Å². The lowest BCUT2D eigenvalue weighted by molar-refractivity contribution is -0.140. The number of methoxy groups -OCH3 is 1. The molecule has 0 aliphatic rings. The minimum absolute atomic E-state index is 0.138. The Hall–Kier alpha value is -1.85. The van der Waals surface area contributed by atoms with Crippen LogP contribution in [0.25, 0.3) is 0 Å². The molecule has 0 aromatic carbocycles. The van der Waals surface area contributed by atoms with Gasteiger partial charge in [-0.25, -0.2) is 0 Å². The Bertz CT molecular complexity index is 440. The summed E-state index contributed by atoms with van der Waals surface area (Å²) in [4.78, 5) is 24.7. The molecule has 0 bridgehead atoms. The molecule has 6 nitrogen and oxygen atoms in total. The molecule has 0 fully saturated rings. The standard InChI is InChI=1S/C12H19N3O3/c1-5-15-10(8-9(2)13-15)12(17)14(3)7-6-11(16)18-4/h8H,5-7H2,1-4H3. The van der Waals surface area contributed by atoms with E-state index in [-0.39, 0.29) is 18.3 Å². The molecule has 0 unspecified atom stereocenters. The second-order valence-corrected chi connectivity index (χ2v) is 4.04. The third-order valence-corrected chi connectivity index (χ3v) is 2.65. The van der Waals surface area contributed by atoms with E-state index < -0.39 is 0 Å². The van der Waals surface area contributed by atoms with Crippen LogP contribution >= 0.6 is 0 Å². The van der Waals surface area contributed by atoms with Crippen LogP contribution in [0.1, 0.15) is 29.5 Å². The summed E-state index contributed by atoms with van der Waals surface area (Å²) in [5.41, 5.74) is 1.35. The summed E-state index contributed by atoms with van der Waals surface area (Å²) in [7, 11) is 2.99. The van der Waals surface area contributed by atoms with Crippen LogP contribution in [0.5, 0.6) is 0 Å². The van der Waals surface area contributed by atoms with Crippen molar-refractivity contribution in [3.63, 3.8) is 0 Å². The van der Waals surface area contributed by atoms with Crippen molar-refractivity contribution in [1.29, 1.82) is 0 Å². The van der Waals surface area contributed by atoms with Crippen LogP contribution in [0, 0.1) is 6.92 Å². The number of hydrogen-bond donors (Lipinski definition) is 0. The van der Waals surface area contributed by atoms with Gasteiger partial charge in [-0.15, -0.1) is 0 Å². The molecule has 1 amide bonds. The summed E-state index contributed by atoms with van der Waals surface area (Å²) in [5, 5.41) is 4.22. The summed E-state index contributed by atoms with van der Waals surface area (Å²) in [6, 6.07) is 1.75. The van der Waals surface area contributed by atoms with E-state index in [0.29, 0.717) is 18.8 Å². The summed E-state index contributed by atoms with van der Waals surface area (Å²) < 4.78 is 6.20. The van der Waals surface area contributed by atoms with Crippen molar-refractivity contribution < 1.29 is 14.3 Å². The van der Waals surface area contributed by atoms with Gasteiger partial charge >= 0.3 is 5.97 Å². The highest BCUT2D eigenvalue weighted by atomic mass is 16.5. The van der Waals surface area contributed by atoms with Gasteiger partial charge < -0.3 is 9.64 Å². The molecule has 18 heavy (non-hydrogen) atoms. The van der Waals surface area contributed by atoms with Gasteiger partial charge in [0.25, 0.3) is 5.91 Å². The van der Waals surface area contributed by atoms with Gasteiger partial charge in [0.1, 0.15) is 5.69 Å². The number of esters is 1. The summed E-state index contributed by atoms with van der Waals surface area (Å²) in [5.74, 6) is -0.462. The maximum Gasteiger partial charge on any atom is 0.307 e. The molecular formula is C12H19N3O3. The lowest BCUT2D eigenvalue weighted by Gasteiger charge is -2.16. The van der Waals surface area contributed by atoms with Crippen molar-refractivity contribution >= 4 is 11.9 Å². The predicted molar refractivity (Wildman–Crippen MR) is 66.2 cm³/mol. The van der Waals surface area contributed by atoms with E-state index in [9.17, 15) is 9.59 Å². The number of carbonyl (C=O) groups excluding carboxylic acids is 2. The fourth-order valence-corrected chi connectivity index (χ4v) is 1.62. The number of aromatic nitrogens is 2. The fraction of sp³-hybridized carbons (Fsp3) is 0.583. The SMILES string of the molecule is CCn1nc(C)cc1C(=O)N(C)CCC(=O)OC. The van der Waals surface area contributed by atoms with Crippen LogP contribution in [0.3, 0.4) is 0 Å². The molecule has 0 radical (unpaired) electrons. The number of nitrogens with zero attached hydrogens (tertiary/aromatic N) is 3. The van der Waals surface area contributed by atoms with Crippen LogP contribution < -0.4 is 0 Å². The molecule has 6 heteroatoms. The highest BCUT2D eigenvalue weighted by molar-refractivity contribution is 5.92. The fourth-order valence-electron chi connectivity index (χ4n) is 1.62. The zero-order valence-electron chi connectivity index (χ0n) is 11.3. The van der Waals surface area contributed by atoms with Gasteiger partial charge in [0.2, 0.25) is 0 Å². The Morgan fingerprint density at radius 3 is 2.72 bits per heavy atom. The number of amides is 1. The Labute approximate surface area is 107 Å². The zero-order chi connectivity index (χ0) is 13.7. The number of carbonyl (C=O) groups is 2. The van der Waals surface area contributed by atoms with E-state index in [4.69, 9.17) is 0 Å². The number of ether oxygens (including phenoxy) is 1. The van der Waals surface area contributed by atoms with Gasteiger partial charge in [-0.2, -0.15) is 5.10 Å². The molecule has 0 saturated heterocycles. The minimum atomic E-state index is -0.324. The molecule has 0 aliphatic heterocycles. The van der Waals surface area contributed by atoms with Crippen molar-refractivity contribution in [2.75, 3.05) is 20.7 Å². The van der Waals surface area contributed by atoms with Gasteiger partial charge in [0, 0.05) is 20.1 Å². The summed E-state index contributed by atoms with van der Waals surface area (Å²) in [6.45, 7) is 4.74. The van der Waals surface area contributed by atoms with E-state index in [1.807, 2.05) is 13.8 Å². The molecule has 1 heterocycles. The maximum atomic E-state index is 12.2. The molecule has 100 valence electrons. The Balaban J connectivity index is 2.70. The van der Waals surface area contributed by atoms with E-state index in [1.165, 1.54) is 12.0 Å². The van der Waals surface area contributed by atoms with Crippen molar-refractivity contribution in [1.82, 2.24) is 14.7 Å². The van der Waals surface area contributed by atoms with Gasteiger partial charge in [0.05, 0.1) is 19.2 Å². The topological polar surface area (TPSA) is 64.4 Å². The third-order valence-electron chi connectivity index (χ3n) is 2.65. The number of hydrogen-bond acceptors (Lipinski definition) is 4. The number of aryl methyl sites for hydroxylation is 2. The van der Waals surface area contributed by atoms with E-state index in [2.05, 4.69) is 9.84 Å². The van der Waals surface area contributed by atoms with Gasteiger partial charge in [-0.3, -0.25) is 14.3 Å². The van der Waals surface area contributed by atoms with Crippen molar-refractivity contribution in [3.8, 4) is 0 Å².